The minimum atomic E-state index is 0. The summed E-state index contributed by atoms with van der Waals surface area (Å²) in [6.07, 6.45) is 2.18. The summed E-state index contributed by atoms with van der Waals surface area (Å²) in [4.78, 5) is 11.7. The molecule has 1 unspecified atom stereocenters. The minimum absolute atomic E-state index is 0. The van der Waals surface area contributed by atoms with Crippen LogP contribution in [0.25, 0.3) is 0 Å². The summed E-state index contributed by atoms with van der Waals surface area (Å²) in [5.74, 6) is 1.63. The van der Waals surface area contributed by atoms with Crippen LogP contribution in [0.15, 0.2) is 10.4 Å². The van der Waals surface area contributed by atoms with Crippen molar-refractivity contribution in [2.24, 2.45) is 10.9 Å². The lowest BCUT2D eigenvalue weighted by atomic mass is 10.1. The fourth-order valence-electron chi connectivity index (χ4n) is 2.61. The zero-order valence-electron chi connectivity index (χ0n) is 14.4. The van der Waals surface area contributed by atoms with E-state index in [2.05, 4.69) is 41.4 Å². The number of guanidine groups is 1. The van der Waals surface area contributed by atoms with Crippen molar-refractivity contribution in [3.05, 3.63) is 16.1 Å². The maximum atomic E-state index is 5.55. The number of ether oxygens (including phenoxy) is 1. The van der Waals surface area contributed by atoms with Gasteiger partial charge in [-0.05, 0) is 26.7 Å². The van der Waals surface area contributed by atoms with Gasteiger partial charge in [0, 0.05) is 37.5 Å². The Morgan fingerprint density at radius 1 is 1.48 bits per heavy atom. The summed E-state index contributed by atoms with van der Waals surface area (Å²) in [5.41, 5.74) is 1.07. The summed E-state index contributed by atoms with van der Waals surface area (Å²) in [6, 6.07) is 0. The number of rotatable bonds is 7. The largest absolute Gasteiger partial charge is 0.381 e. The molecule has 1 aromatic heterocycles. The highest BCUT2D eigenvalue weighted by Gasteiger charge is 2.24. The summed E-state index contributed by atoms with van der Waals surface area (Å²) < 4.78 is 5.55. The Bertz CT molecular complexity index is 480. The Kier molecular flexibility index (Phi) is 10.0. The summed E-state index contributed by atoms with van der Waals surface area (Å²) >= 11 is 1.73. The number of nitrogens with one attached hydrogen (secondary N) is 1. The van der Waals surface area contributed by atoms with Crippen LogP contribution in [-0.4, -0.2) is 48.7 Å². The van der Waals surface area contributed by atoms with E-state index in [0.717, 1.165) is 50.9 Å². The van der Waals surface area contributed by atoms with Gasteiger partial charge in [0.25, 0.3) is 0 Å². The highest BCUT2D eigenvalue weighted by molar-refractivity contribution is 14.0. The van der Waals surface area contributed by atoms with E-state index in [1.54, 1.807) is 11.3 Å². The molecule has 1 fully saturated rings. The summed E-state index contributed by atoms with van der Waals surface area (Å²) in [5, 5.41) is 6.71. The van der Waals surface area contributed by atoms with E-state index in [4.69, 9.17) is 9.73 Å². The van der Waals surface area contributed by atoms with Crippen molar-refractivity contribution in [2.75, 3.05) is 32.8 Å². The molecule has 0 saturated carbocycles. The molecule has 2 heterocycles. The molecule has 0 aliphatic carbocycles. The maximum absolute atomic E-state index is 5.55. The van der Waals surface area contributed by atoms with Gasteiger partial charge >= 0.3 is 0 Å². The fraction of sp³-hybridized carbons (Fsp3) is 0.750. The average molecular weight is 452 g/mol. The molecule has 23 heavy (non-hydrogen) atoms. The average Bonchev–Trinajstić information content (AvgIpc) is 3.18. The van der Waals surface area contributed by atoms with Gasteiger partial charge in [-0.25, -0.2) is 9.98 Å². The quantitative estimate of drug-likeness (QED) is 0.393. The van der Waals surface area contributed by atoms with E-state index in [-0.39, 0.29) is 24.0 Å². The first-order chi connectivity index (χ1) is 10.8. The zero-order chi connectivity index (χ0) is 15.8. The molecule has 1 aliphatic heterocycles. The Hall–Kier alpha value is -0.410. The highest BCUT2D eigenvalue weighted by atomic mass is 127. The minimum Gasteiger partial charge on any atom is -0.381 e. The van der Waals surface area contributed by atoms with Crippen molar-refractivity contribution >= 4 is 41.3 Å². The number of hydrogen-bond donors (Lipinski definition) is 1. The molecular weight excluding hydrogens is 423 g/mol. The summed E-state index contributed by atoms with van der Waals surface area (Å²) in [6.45, 7) is 11.6. The van der Waals surface area contributed by atoms with Gasteiger partial charge in [0.15, 0.2) is 5.96 Å². The molecule has 1 aromatic rings. The SMILES string of the molecule is CCNC(=NCc1csc(CC)n1)N1CCC(COCC)C1.I. The van der Waals surface area contributed by atoms with Crippen LogP contribution in [0.3, 0.4) is 0 Å². The van der Waals surface area contributed by atoms with Gasteiger partial charge < -0.3 is 15.0 Å². The van der Waals surface area contributed by atoms with Gasteiger partial charge in [-0.15, -0.1) is 35.3 Å². The van der Waals surface area contributed by atoms with E-state index in [9.17, 15) is 0 Å². The Morgan fingerprint density at radius 2 is 2.30 bits per heavy atom. The van der Waals surface area contributed by atoms with E-state index in [1.807, 2.05) is 0 Å². The first kappa shape index (κ1) is 20.6. The number of hydrogen-bond acceptors (Lipinski definition) is 4. The van der Waals surface area contributed by atoms with E-state index in [1.165, 1.54) is 11.4 Å². The normalized spacial score (nSPS) is 18.1. The lowest BCUT2D eigenvalue weighted by molar-refractivity contribution is 0.114. The lowest BCUT2D eigenvalue weighted by Gasteiger charge is -2.21. The maximum Gasteiger partial charge on any atom is 0.194 e. The van der Waals surface area contributed by atoms with Crippen molar-refractivity contribution in [2.45, 2.75) is 40.2 Å². The van der Waals surface area contributed by atoms with Gasteiger partial charge in [0.1, 0.15) is 0 Å². The second kappa shape index (κ2) is 11.2. The number of aliphatic imine (C=N–C) groups is 1. The molecule has 132 valence electrons. The molecular formula is C16H29IN4OS. The third-order valence-electron chi connectivity index (χ3n) is 3.77. The first-order valence-corrected chi connectivity index (χ1v) is 9.19. The summed E-state index contributed by atoms with van der Waals surface area (Å²) in [7, 11) is 0. The van der Waals surface area contributed by atoms with Crippen LogP contribution >= 0.6 is 35.3 Å². The van der Waals surface area contributed by atoms with Crippen LogP contribution in [0.5, 0.6) is 0 Å². The fourth-order valence-corrected chi connectivity index (χ4v) is 3.35. The van der Waals surface area contributed by atoms with E-state index < -0.39 is 0 Å². The molecule has 0 aromatic carbocycles. The van der Waals surface area contributed by atoms with Crippen molar-refractivity contribution in [3.63, 3.8) is 0 Å². The van der Waals surface area contributed by atoms with Crippen LogP contribution in [0.2, 0.25) is 0 Å². The smallest absolute Gasteiger partial charge is 0.194 e. The van der Waals surface area contributed by atoms with Crippen molar-refractivity contribution in [3.8, 4) is 0 Å². The number of nitrogens with zero attached hydrogens (tertiary/aromatic N) is 3. The Labute approximate surface area is 160 Å². The monoisotopic (exact) mass is 452 g/mol. The predicted molar refractivity (Wildman–Crippen MR) is 108 cm³/mol. The predicted octanol–water partition coefficient (Wildman–Crippen LogP) is 3.15. The standard InChI is InChI=1S/C16H28N4OS.HI/c1-4-15-19-14(12-22-15)9-18-16(17-5-2)20-8-7-13(10-20)11-21-6-3;/h12-13H,4-11H2,1-3H3,(H,17,18);1H. The third-order valence-corrected chi connectivity index (χ3v) is 4.81. The lowest BCUT2D eigenvalue weighted by Crippen LogP contribution is -2.40. The van der Waals surface area contributed by atoms with Crippen LogP contribution in [-0.2, 0) is 17.7 Å². The molecule has 1 N–H and O–H groups in total. The van der Waals surface area contributed by atoms with Crippen LogP contribution in [0.1, 0.15) is 37.9 Å². The first-order valence-electron chi connectivity index (χ1n) is 8.31. The molecule has 5 nitrogen and oxygen atoms in total. The molecule has 0 amide bonds. The Morgan fingerprint density at radius 3 is 2.96 bits per heavy atom. The second-order valence-electron chi connectivity index (χ2n) is 5.52. The topological polar surface area (TPSA) is 49.8 Å². The molecule has 1 atom stereocenters. The van der Waals surface area contributed by atoms with Crippen molar-refractivity contribution in [1.29, 1.82) is 0 Å². The van der Waals surface area contributed by atoms with Crippen molar-refractivity contribution < 1.29 is 4.74 Å². The van der Waals surface area contributed by atoms with Gasteiger partial charge in [-0.2, -0.15) is 0 Å². The van der Waals surface area contributed by atoms with Crippen LogP contribution in [0, 0.1) is 5.92 Å². The Balaban J connectivity index is 0.00000264. The zero-order valence-corrected chi connectivity index (χ0v) is 17.5. The highest BCUT2D eigenvalue weighted by Crippen LogP contribution is 2.17. The van der Waals surface area contributed by atoms with Gasteiger partial charge in [-0.3, -0.25) is 0 Å². The third kappa shape index (κ3) is 6.54. The molecule has 1 saturated heterocycles. The van der Waals surface area contributed by atoms with Crippen molar-refractivity contribution in [1.82, 2.24) is 15.2 Å². The second-order valence-corrected chi connectivity index (χ2v) is 6.46. The van der Waals surface area contributed by atoms with Gasteiger partial charge in [0.2, 0.25) is 0 Å². The molecule has 0 radical (unpaired) electrons. The van der Waals surface area contributed by atoms with Gasteiger partial charge in [-0.1, -0.05) is 6.92 Å². The number of aryl methyl sites for hydroxylation is 1. The van der Waals surface area contributed by atoms with Gasteiger partial charge in [0.05, 0.1) is 23.9 Å². The van der Waals surface area contributed by atoms with E-state index >= 15 is 0 Å². The molecule has 7 heteroatoms. The molecule has 0 spiro atoms. The van der Waals surface area contributed by atoms with E-state index in [0.29, 0.717) is 12.5 Å². The molecule has 0 bridgehead atoms. The molecule has 1 aliphatic rings. The number of thiazole rings is 1. The van der Waals surface area contributed by atoms with Crippen LogP contribution in [0.4, 0.5) is 0 Å². The number of aromatic nitrogens is 1. The number of likely N-dealkylation sites (tertiary alicyclic amines) is 1. The van der Waals surface area contributed by atoms with Crippen LogP contribution < -0.4 is 5.32 Å². The number of halogens is 1. The molecule has 2 rings (SSSR count).